The fourth-order valence-corrected chi connectivity index (χ4v) is 2.60. The van der Waals surface area contributed by atoms with Crippen molar-refractivity contribution in [3.05, 3.63) is 102 Å². The van der Waals surface area contributed by atoms with Gasteiger partial charge in [-0.25, -0.2) is 0 Å². The van der Waals surface area contributed by atoms with Crippen molar-refractivity contribution < 1.29 is 19.4 Å². The highest BCUT2D eigenvalue weighted by molar-refractivity contribution is 6.08. The van der Waals surface area contributed by atoms with Crippen molar-refractivity contribution in [2.24, 2.45) is 0 Å². The van der Waals surface area contributed by atoms with Crippen LogP contribution in [0.2, 0.25) is 0 Å². The molecule has 0 fully saturated rings. The number of ketones is 1. The SMILES string of the molecule is C=CC(=O)c1c(O)cc(OCc2ccccc2)cc1OCc1ccccc1. The number of ether oxygens (including phenoxy) is 2. The van der Waals surface area contributed by atoms with Crippen LogP contribution in [0.5, 0.6) is 17.2 Å². The Morgan fingerprint density at radius 1 is 0.889 bits per heavy atom. The molecule has 0 unspecified atom stereocenters. The summed E-state index contributed by atoms with van der Waals surface area (Å²) >= 11 is 0. The standard InChI is InChI=1S/C23H20O4/c1-2-20(24)23-21(25)13-19(26-15-17-9-5-3-6-10-17)14-22(23)27-16-18-11-7-4-8-12-18/h2-14,25H,1,15-16H2. The molecule has 0 aliphatic heterocycles. The molecule has 3 rings (SSSR count). The lowest BCUT2D eigenvalue weighted by Gasteiger charge is -2.14. The van der Waals surface area contributed by atoms with Gasteiger partial charge in [-0.05, 0) is 17.2 Å². The fraction of sp³-hybridized carbons (Fsp3) is 0.0870. The number of allylic oxidation sites excluding steroid dienone is 1. The summed E-state index contributed by atoms with van der Waals surface area (Å²) in [5, 5.41) is 10.3. The van der Waals surface area contributed by atoms with E-state index in [0.29, 0.717) is 12.4 Å². The van der Waals surface area contributed by atoms with E-state index in [4.69, 9.17) is 9.47 Å². The van der Waals surface area contributed by atoms with Gasteiger partial charge in [-0.2, -0.15) is 0 Å². The highest BCUT2D eigenvalue weighted by atomic mass is 16.5. The summed E-state index contributed by atoms with van der Waals surface area (Å²) in [6.45, 7) is 4.09. The number of phenols is 1. The molecule has 0 aliphatic carbocycles. The number of rotatable bonds is 8. The molecule has 0 bridgehead atoms. The third-order valence-corrected chi connectivity index (χ3v) is 3.97. The van der Waals surface area contributed by atoms with E-state index in [0.717, 1.165) is 17.2 Å². The summed E-state index contributed by atoms with van der Waals surface area (Å²) in [6, 6.07) is 22.3. The summed E-state index contributed by atoms with van der Waals surface area (Å²) in [4.78, 5) is 12.2. The average molecular weight is 360 g/mol. The van der Waals surface area contributed by atoms with Gasteiger partial charge in [0.05, 0.1) is 0 Å². The van der Waals surface area contributed by atoms with Gasteiger partial charge >= 0.3 is 0 Å². The predicted octanol–water partition coefficient (Wildman–Crippen LogP) is 4.92. The smallest absolute Gasteiger partial charge is 0.192 e. The van der Waals surface area contributed by atoms with E-state index in [1.165, 1.54) is 6.07 Å². The first kappa shape index (κ1) is 18.3. The molecule has 1 N–H and O–H groups in total. The zero-order valence-corrected chi connectivity index (χ0v) is 14.8. The molecule has 4 heteroatoms. The Bertz CT molecular complexity index is 918. The van der Waals surface area contributed by atoms with Crippen LogP contribution in [0.1, 0.15) is 21.5 Å². The molecule has 0 aromatic heterocycles. The van der Waals surface area contributed by atoms with Gasteiger partial charge in [-0.1, -0.05) is 67.2 Å². The van der Waals surface area contributed by atoms with E-state index in [1.807, 2.05) is 60.7 Å². The number of carbonyl (C=O) groups is 1. The Hall–Kier alpha value is -3.53. The van der Waals surface area contributed by atoms with Crippen molar-refractivity contribution >= 4 is 5.78 Å². The highest BCUT2D eigenvalue weighted by Gasteiger charge is 2.18. The average Bonchev–Trinajstić information content (AvgIpc) is 2.71. The Morgan fingerprint density at radius 3 is 2.00 bits per heavy atom. The van der Waals surface area contributed by atoms with Crippen molar-refractivity contribution in [1.29, 1.82) is 0 Å². The maximum Gasteiger partial charge on any atom is 0.192 e. The topological polar surface area (TPSA) is 55.8 Å². The van der Waals surface area contributed by atoms with Crippen LogP contribution in [0.4, 0.5) is 0 Å². The maximum absolute atomic E-state index is 12.2. The monoisotopic (exact) mass is 360 g/mol. The van der Waals surface area contributed by atoms with Gasteiger partial charge in [0.1, 0.15) is 36.0 Å². The highest BCUT2D eigenvalue weighted by Crippen LogP contribution is 2.35. The number of hydrogen-bond donors (Lipinski definition) is 1. The summed E-state index contributed by atoms with van der Waals surface area (Å²) < 4.78 is 11.6. The van der Waals surface area contributed by atoms with Gasteiger partial charge in [-0.15, -0.1) is 0 Å². The van der Waals surface area contributed by atoms with E-state index >= 15 is 0 Å². The van der Waals surface area contributed by atoms with Gasteiger partial charge in [0.2, 0.25) is 0 Å². The molecule has 27 heavy (non-hydrogen) atoms. The van der Waals surface area contributed by atoms with Crippen LogP contribution < -0.4 is 9.47 Å². The molecular weight excluding hydrogens is 340 g/mol. The third-order valence-electron chi connectivity index (χ3n) is 3.97. The maximum atomic E-state index is 12.2. The van der Waals surface area contributed by atoms with Gasteiger partial charge in [0.25, 0.3) is 0 Å². The minimum atomic E-state index is -0.412. The summed E-state index contributed by atoms with van der Waals surface area (Å²) in [5.41, 5.74) is 2.02. The summed E-state index contributed by atoms with van der Waals surface area (Å²) in [7, 11) is 0. The number of hydrogen-bond acceptors (Lipinski definition) is 4. The number of phenolic OH excluding ortho intramolecular Hbond substituents is 1. The molecule has 4 nitrogen and oxygen atoms in total. The van der Waals surface area contributed by atoms with Gasteiger partial charge in [0.15, 0.2) is 5.78 Å². The van der Waals surface area contributed by atoms with Crippen LogP contribution in [-0.4, -0.2) is 10.9 Å². The lowest BCUT2D eigenvalue weighted by atomic mass is 10.1. The zero-order valence-electron chi connectivity index (χ0n) is 14.8. The zero-order chi connectivity index (χ0) is 19.1. The quantitative estimate of drug-likeness (QED) is 0.458. The molecule has 3 aromatic rings. The number of aromatic hydroxyl groups is 1. The Labute approximate surface area is 158 Å². The first-order valence-electron chi connectivity index (χ1n) is 8.54. The molecule has 0 saturated carbocycles. The van der Waals surface area contributed by atoms with E-state index in [9.17, 15) is 9.90 Å². The van der Waals surface area contributed by atoms with Crippen molar-refractivity contribution in [3.8, 4) is 17.2 Å². The van der Waals surface area contributed by atoms with Crippen molar-refractivity contribution in [3.63, 3.8) is 0 Å². The third kappa shape index (κ3) is 4.76. The van der Waals surface area contributed by atoms with Gasteiger partial charge in [0, 0.05) is 12.1 Å². The molecular formula is C23H20O4. The van der Waals surface area contributed by atoms with E-state index in [-0.39, 0.29) is 23.7 Å². The number of benzene rings is 3. The number of carbonyl (C=O) groups excluding carboxylic acids is 1. The first-order chi connectivity index (χ1) is 13.2. The molecule has 136 valence electrons. The first-order valence-corrected chi connectivity index (χ1v) is 8.54. The second-order valence-corrected chi connectivity index (χ2v) is 5.93. The molecule has 0 radical (unpaired) electrons. The van der Waals surface area contributed by atoms with Crippen molar-refractivity contribution in [1.82, 2.24) is 0 Å². The molecule has 0 saturated heterocycles. The second-order valence-electron chi connectivity index (χ2n) is 5.93. The normalized spacial score (nSPS) is 10.2. The molecule has 0 aliphatic rings. The van der Waals surface area contributed by atoms with Crippen molar-refractivity contribution in [2.45, 2.75) is 13.2 Å². The van der Waals surface area contributed by atoms with Crippen LogP contribution >= 0.6 is 0 Å². The Balaban J connectivity index is 1.84. The van der Waals surface area contributed by atoms with Gasteiger partial charge < -0.3 is 14.6 Å². The lowest BCUT2D eigenvalue weighted by Crippen LogP contribution is -2.04. The van der Waals surface area contributed by atoms with Gasteiger partial charge in [-0.3, -0.25) is 4.79 Å². The Morgan fingerprint density at radius 2 is 1.44 bits per heavy atom. The largest absolute Gasteiger partial charge is 0.507 e. The van der Waals surface area contributed by atoms with E-state index < -0.39 is 5.78 Å². The summed E-state index contributed by atoms with van der Waals surface area (Å²) in [5.74, 6) is 0.0607. The fourth-order valence-electron chi connectivity index (χ4n) is 2.60. The van der Waals surface area contributed by atoms with Crippen LogP contribution in [0.25, 0.3) is 0 Å². The Kier molecular flexibility index (Phi) is 5.90. The van der Waals surface area contributed by atoms with E-state index in [2.05, 4.69) is 6.58 Å². The lowest BCUT2D eigenvalue weighted by molar-refractivity contribution is 0.104. The predicted molar refractivity (Wildman–Crippen MR) is 104 cm³/mol. The van der Waals surface area contributed by atoms with Crippen LogP contribution in [-0.2, 0) is 13.2 Å². The van der Waals surface area contributed by atoms with Crippen LogP contribution in [0, 0.1) is 0 Å². The second kappa shape index (κ2) is 8.72. The minimum Gasteiger partial charge on any atom is -0.507 e. The van der Waals surface area contributed by atoms with Crippen LogP contribution in [0.3, 0.4) is 0 Å². The molecule has 0 spiro atoms. The van der Waals surface area contributed by atoms with E-state index in [1.54, 1.807) is 6.07 Å². The minimum absolute atomic E-state index is 0.0768. The molecule has 0 heterocycles. The molecule has 0 atom stereocenters. The summed E-state index contributed by atoms with van der Waals surface area (Å²) in [6.07, 6.45) is 1.15. The van der Waals surface area contributed by atoms with Crippen LogP contribution in [0.15, 0.2) is 85.5 Å². The van der Waals surface area contributed by atoms with Crippen molar-refractivity contribution in [2.75, 3.05) is 0 Å². The molecule has 3 aromatic carbocycles. The molecule has 0 amide bonds.